The topological polar surface area (TPSA) is 77.5 Å². The number of aryl methyl sites for hydroxylation is 1. The molecule has 0 aliphatic carbocycles. The molecule has 0 spiro atoms. The van der Waals surface area contributed by atoms with Gasteiger partial charge >= 0.3 is 5.97 Å². The lowest BCUT2D eigenvalue weighted by Crippen LogP contribution is -2.15. The number of esters is 1. The van der Waals surface area contributed by atoms with Gasteiger partial charge in [-0.15, -0.1) is 11.3 Å². The van der Waals surface area contributed by atoms with E-state index >= 15 is 0 Å². The number of hydrogen-bond acceptors (Lipinski definition) is 6. The third-order valence-electron chi connectivity index (χ3n) is 3.05. The van der Waals surface area contributed by atoms with Crippen LogP contribution in [0.2, 0.25) is 0 Å². The van der Waals surface area contributed by atoms with Crippen molar-refractivity contribution in [2.24, 2.45) is 0 Å². The molecule has 0 bridgehead atoms. The fourth-order valence-electron chi connectivity index (χ4n) is 1.88. The highest BCUT2D eigenvalue weighted by Gasteiger charge is 2.10. The molecule has 1 amide bonds. The standard InChI is InChI=1S/C17H20N2O4S/c1-3-22-16(21)10-13-11-24-17(18-13)19-15(20)8-9-23-14-6-4-12(2)5-7-14/h4-7,11H,3,8-10H2,1-2H3,(H,18,19,20). The molecule has 6 nitrogen and oxygen atoms in total. The molecule has 1 aromatic heterocycles. The van der Waals surface area contributed by atoms with Crippen LogP contribution in [-0.2, 0) is 20.7 Å². The number of carbonyl (C=O) groups excluding carboxylic acids is 2. The average molecular weight is 348 g/mol. The van der Waals surface area contributed by atoms with E-state index in [0.29, 0.717) is 17.4 Å². The van der Waals surface area contributed by atoms with Crippen LogP contribution in [0.15, 0.2) is 29.6 Å². The van der Waals surface area contributed by atoms with E-state index in [2.05, 4.69) is 10.3 Å². The minimum atomic E-state index is -0.327. The molecule has 24 heavy (non-hydrogen) atoms. The Morgan fingerprint density at radius 2 is 2.00 bits per heavy atom. The minimum absolute atomic E-state index is 0.108. The van der Waals surface area contributed by atoms with Crippen LogP contribution < -0.4 is 10.1 Å². The van der Waals surface area contributed by atoms with Gasteiger partial charge in [0.25, 0.3) is 0 Å². The first-order chi connectivity index (χ1) is 11.6. The van der Waals surface area contributed by atoms with Crippen molar-refractivity contribution in [3.05, 3.63) is 40.9 Å². The van der Waals surface area contributed by atoms with Gasteiger partial charge in [0, 0.05) is 5.38 Å². The molecule has 2 rings (SSSR count). The van der Waals surface area contributed by atoms with E-state index in [9.17, 15) is 9.59 Å². The average Bonchev–Trinajstić information content (AvgIpc) is 2.96. The molecule has 0 aliphatic heterocycles. The first-order valence-corrected chi connectivity index (χ1v) is 8.54. The van der Waals surface area contributed by atoms with Crippen molar-refractivity contribution in [2.75, 3.05) is 18.5 Å². The van der Waals surface area contributed by atoms with Crippen LogP contribution >= 0.6 is 11.3 Å². The van der Waals surface area contributed by atoms with Gasteiger partial charge in [-0.1, -0.05) is 17.7 Å². The lowest BCUT2D eigenvalue weighted by atomic mass is 10.2. The molecule has 0 unspecified atom stereocenters. The Bertz CT molecular complexity index is 682. The SMILES string of the molecule is CCOC(=O)Cc1csc(NC(=O)CCOc2ccc(C)cc2)n1. The highest BCUT2D eigenvalue weighted by Crippen LogP contribution is 2.16. The third-order valence-corrected chi connectivity index (χ3v) is 3.85. The van der Waals surface area contributed by atoms with Gasteiger partial charge in [0.15, 0.2) is 5.13 Å². The van der Waals surface area contributed by atoms with Gasteiger partial charge in [0.2, 0.25) is 5.91 Å². The Balaban J connectivity index is 1.73. The van der Waals surface area contributed by atoms with E-state index in [0.717, 1.165) is 11.3 Å². The Kier molecular flexibility index (Phi) is 6.74. The van der Waals surface area contributed by atoms with E-state index in [1.165, 1.54) is 11.3 Å². The Labute approximate surface area is 144 Å². The molecule has 1 heterocycles. The molecule has 0 atom stereocenters. The zero-order chi connectivity index (χ0) is 17.4. The number of anilines is 1. The molecule has 7 heteroatoms. The summed E-state index contributed by atoms with van der Waals surface area (Å²) in [4.78, 5) is 27.4. The second kappa shape index (κ2) is 9.02. The number of aromatic nitrogens is 1. The van der Waals surface area contributed by atoms with E-state index < -0.39 is 0 Å². The fraction of sp³-hybridized carbons (Fsp3) is 0.353. The molecule has 0 aliphatic rings. The molecular weight excluding hydrogens is 328 g/mol. The molecule has 0 radical (unpaired) electrons. The van der Waals surface area contributed by atoms with Gasteiger partial charge in [-0.05, 0) is 26.0 Å². The zero-order valence-electron chi connectivity index (χ0n) is 13.7. The maximum absolute atomic E-state index is 11.9. The molecule has 0 saturated carbocycles. The van der Waals surface area contributed by atoms with Gasteiger partial charge in [-0.2, -0.15) is 0 Å². The third kappa shape index (κ3) is 6.00. The Morgan fingerprint density at radius 3 is 2.71 bits per heavy atom. The normalized spacial score (nSPS) is 10.2. The number of nitrogens with zero attached hydrogens (tertiary/aromatic N) is 1. The van der Waals surface area contributed by atoms with Crippen molar-refractivity contribution < 1.29 is 19.1 Å². The van der Waals surface area contributed by atoms with Gasteiger partial charge < -0.3 is 14.8 Å². The highest BCUT2D eigenvalue weighted by molar-refractivity contribution is 7.13. The summed E-state index contributed by atoms with van der Waals surface area (Å²) in [6.45, 7) is 4.38. The van der Waals surface area contributed by atoms with Gasteiger partial charge in [0.05, 0.1) is 31.7 Å². The van der Waals surface area contributed by atoms with E-state index in [1.54, 1.807) is 12.3 Å². The van der Waals surface area contributed by atoms with Crippen LogP contribution in [0.25, 0.3) is 0 Å². The summed E-state index contributed by atoms with van der Waals surface area (Å²) < 4.78 is 10.4. The predicted octanol–water partition coefficient (Wildman–Crippen LogP) is 2.96. The summed E-state index contributed by atoms with van der Waals surface area (Å²) in [6.07, 6.45) is 0.331. The molecular formula is C17H20N2O4S. The highest BCUT2D eigenvalue weighted by atomic mass is 32.1. The van der Waals surface area contributed by atoms with E-state index in [-0.39, 0.29) is 31.3 Å². The maximum atomic E-state index is 11.9. The number of ether oxygens (including phenoxy) is 2. The summed E-state index contributed by atoms with van der Waals surface area (Å²) in [5.41, 5.74) is 1.74. The van der Waals surface area contributed by atoms with Crippen LogP contribution in [0.3, 0.4) is 0 Å². The Morgan fingerprint density at radius 1 is 1.25 bits per heavy atom. The molecule has 2 aromatic rings. The molecule has 0 saturated heterocycles. The van der Waals surface area contributed by atoms with Crippen LogP contribution in [0, 0.1) is 6.92 Å². The number of amides is 1. The quantitative estimate of drug-likeness (QED) is 0.742. The summed E-state index contributed by atoms with van der Waals surface area (Å²) >= 11 is 1.28. The van der Waals surface area contributed by atoms with Gasteiger partial charge in [-0.3, -0.25) is 9.59 Å². The predicted molar refractivity (Wildman–Crippen MR) is 92.4 cm³/mol. The molecule has 128 valence electrons. The lowest BCUT2D eigenvalue weighted by molar-refractivity contribution is -0.142. The summed E-state index contributed by atoms with van der Waals surface area (Å²) in [5.74, 6) is 0.227. The van der Waals surface area contributed by atoms with Crippen molar-refractivity contribution in [3.63, 3.8) is 0 Å². The van der Waals surface area contributed by atoms with Crippen molar-refractivity contribution in [3.8, 4) is 5.75 Å². The summed E-state index contributed by atoms with van der Waals surface area (Å²) in [7, 11) is 0. The van der Waals surface area contributed by atoms with Gasteiger partial charge in [0.1, 0.15) is 5.75 Å². The van der Waals surface area contributed by atoms with Crippen molar-refractivity contribution in [2.45, 2.75) is 26.7 Å². The van der Waals surface area contributed by atoms with Crippen molar-refractivity contribution in [1.82, 2.24) is 4.98 Å². The fourth-order valence-corrected chi connectivity index (χ4v) is 2.61. The molecule has 0 fully saturated rings. The van der Waals surface area contributed by atoms with Crippen LogP contribution in [0.1, 0.15) is 24.6 Å². The largest absolute Gasteiger partial charge is 0.493 e. The zero-order valence-corrected chi connectivity index (χ0v) is 14.5. The smallest absolute Gasteiger partial charge is 0.311 e. The maximum Gasteiger partial charge on any atom is 0.311 e. The number of hydrogen-bond donors (Lipinski definition) is 1. The number of rotatable bonds is 8. The van der Waals surface area contributed by atoms with Crippen LogP contribution in [-0.4, -0.2) is 30.1 Å². The first kappa shape index (κ1) is 17.9. The molecule has 1 N–H and O–H groups in total. The first-order valence-electron chi connectivity index (χ1n) is 7.66. The number of benzene rings is 1. The lowest BCUT2D eigenvalue weighted by Gasteiger charge is -2.06. The van der Waals surface area contributed by atoms with Crippen molar-refractivity contribution in [1.29, 1.82) is 0 Å². The number of carbonyl (C=O) groups is 2. The monoisotopic (exact) mass is 348 g/mol. The van der Waals surface area contributed by atoms with Crippen LogP contribution in [0.5, 0.6) is 5.75 Å². The number of nitrogens with one attached hydrogen (secondary N) is 1. The minimum Gasteiger partial charge on any atom is -0.493 e. The van der Waals surface area contributed by atoms with Crippen LogP contribution in [0.4, 0.5) is 5.13 Å². The second-order valence-corrected chi connectivity index (χ2v) is 5.94. The second-order valence-electron chi connectivity index (χ2n) is 5.09. The summed E-state index contributed by atoms with van der Waals surface area (Å²) in [6, 6.07) is 7.65. The van der Waals surface area contributed by atoms with Crippen molar-refractivity contribution >= 4 is 28.3 Å². The summed E-state index contributed by atoms with van der Waals surface area (Å²) in [5, 5.41) is 4.90. The Hall–Kier alpha value is -2.41. The molecule has 1 aromatic carbocycles. The number of thiazole rings is 1. The van der Waals surface area contributed by atoms with Gasteiger partial charge in [-0.25, -0.2) is 4.98 Å². The van der Waals surface area contributed by atoms with E-state index in [4.69, 9.17) is 9.47 Å². The van der Waals surface area contributed by atoms with E-state index in [1.807, 2.05) is 31.2 Å².